The zero-order valence-corrected chi connectivity index (χ0v) is 11.8. The average molecular weight is 280 g/mol. The number of morpholine rings is 1. The fourth-order valence-electron chi connectivity index (χ4n) is 2.75. The van der Waals surface area contributed by atoms with Crippen LogP contribution in [0.1, 0.15) is 12.0 Å². The van der Waals surface area contributed by atoms with Gasteiger partial charge in [-0.05, 0) is 25.0 Å². The minimum Gasteiger partial charge on any atom is -0.396 e. The molecule has 1 atom stereocenters. The fraction of sp³-hybridized carbons (Fsp3) is 0.643. The second-order valence-electron chi connectivity index (χ2n) is 5.47. The van der Waals surface area contributed by atoms with Crippen molar-refractivity contribution >= 4 is 17.3 Å². The number of rotatable bonds is 2. The molecule has 3 rings (SSSR count). The van der Waals surface area contributed by atoms with E-state index in [1.165, 1.54) is 0 Å². The number of nitrogens with two attached hydrogens (primary N) is 1. The monoisotopic (exact) mass is 280 g/mol. The van der Waals surface area contributed by atoms with Crippen LogP contribution in [0.2, 0.25) is 0 Å². The molecule has 0 unspecified atom stereocenters. The SMILES string of the molecule is Cc1cc(N2CCOCC2)nc(N2CC[C@@H](F)C2)c1N. The molecule has 2 saturated heterocycles. The highest BCUT2D eigenvalue weighted by Crippen LogP contribution is 2.31. The van der Waals surface area contributed by atoms with E-state index in [9.17, 15) is 4.39 Å². The van der Waals surface area contributed by atoms with Crippen molar-refractivity contribution in [2.45, 2.75) is 19.5 Å². The van der Waals surface area contributed by atoms with Crippen molar-refractivity contribution in [3.05, 3.63) is 11.6 Å². The number of aryl methyl sites for hydroxylation is 1. The van der Waals surface area contributed by atoms with Gasteiger partial charge in [-0.1, -0.05) is 0 Å². The molecule has 1 aromatic heterocycles. The lowest BCUT2D eigenvalue weighted by atomic mass is 10.2. The van der Waals surface area contributed by atoms with E-state index in [1.807, 2.05) is 17.9 Å². The van der Waals surface area contributed by atoms with Gasteiger partial charge in [0, 0.05) is 19.6 Å². The molecule has 20 heavy (non-hydrogen) atoms. The van der Waals surface area contributed by atoms with Gasteiger partial charge in [0.15, 0.2) is 5.82 Å². The number of hydrogen-bond acceptors (Lipinski definition) is 5. The summed E-state index contributed by atoms with van der Waals surface area (Å²) in [6.45, 7) is 6.16. The van der Waals surface area contributed by atoms with Crippen LogP contribution in [-0.2, 0) is 4.74 Å². The van der Waals surface area contributed by atoms with E-state index in [0.717, 1.165) is 43.5 Å². The number of ether oxygens (including phenoxy) is 1. The minimum atomic E-state index is -0.774. The average Bonchev–Trinajstić information content (AvgIpc) is 2.89. The van der Waals surface area contributed by atoms with Gasteiger partial charge in [-0.25, -0.2) is 9.37 Å². The maximum atomic E-state index is 13.4. The summed E-state index contributed by atoms with van der Waals surface area (Å²) in [4.78, 5) is 8.83. The quantitative estimate of drug-likeness (QED) is 0.886. The molecule has 110 valence electrons. The Bertz CT molecular complexity index is 490. The third-order valence-electron chi connectivity index (χ3n) is 4.00. The number of nitrogens with zero attached hydrogens (tertiary/aromatic N) is 3. The van der Waals surface area contributed by atoms with Gasteiger partial charge in [0.1, 0.15) is 12.0 Å². The standard InChI is InChI=1S/C14H21FN4O/c1-10-8-12(18-4-6-20-7-5-18)17-14(13(10)16)19-3-2-11(15)9-19/h8,11H,2-7,9,16H2,1H3/t11-/m1/s1. The summed E-state index contributed by atoms with van der Waals surface area (Å²) >= 11 is 0. The van der Waals surface area contributed by atoms with E-state index in [0.29, 0.717) is 25.2 Å². The molecule has 0 amide bonds. The van der Waals surface area contributed by atoms with Crippen LogP contribution in [0.25, 0.3) is 0 Å². The van der Waals surface area contributed by atoms with Crippen LogP contribution in [0.4, 0.5) is 21.7 Å². The molecule has 0 bridgehead atoms. The third-order valence-corrected chi connectivity index (χ3v) is 4.00. The molecular formula is C14H21FN4O. The third kappa shape index (κ3) is 2.52. The number of nitrogen functional groups attached to an aromatic ring is 1. The number of alkyl halides is 1. The molecule has 0 aromatic carbocycles. The van der Waals surface area contributed by atoms with Crippen LogP contribution >= 0.6 is 0 Å². The number of hydrogen-bond donors (Lipinski definition) is 1. The first-order valence-electron chi connectivity index (χ1n) is 7.14. The van der Waals surface area contributed by atoms with Gasteiger partial charge in [0.25, 0.3) is 0 Å². The summed E-state index contributed by atoms with van der Waals surface area (Å²) < 4.78 is 18.8. The molecule has 1 aromatic rings. The molecule has 5 nitrogen and oxygen atoms in total. The highest BCUT2D eigenvalue weighted by Gasteiger charge is 2.26. The predicted molar refractivity (Wildman–Crippen MR) is 78.1 cm³/mol. The Morgan fingerprint density at radius 1 is 1.30 bits per heavy atom. The van der Waals surface area contributed by atoms with Crippen molar-refractivity contribution in [2.75, 3.05) is 54.9 Å². The molecule has 3 heterocycles. The van der Waals surface area contributed by atoms with Gasteiger partial charge < -0.3 is 20.3 Å². The summed E-state index contributed by atoms with van der Waals surface area (Å²) in [5.74, 6) is 1.64. The summed E-state index contributed by atoms with van der Waals surface area (Å²) in [5.41, 5.74) is 7.80. The Morgan fingerprint density at radius 3 is 2.70 bits per heavy atom. The van der Waals surface area contributed by atoms with Gasteiger partial charge >= 0.3 is 0 Å². The topological polar surface area (TPSA) is 54.6 Å². The summed E-state index contributed by atoms with van der Waals surface area (Å²) in [7, 11) is 0. The molecule has 2 fully saturated rings. The zero-order valence-electron chi connectivity index (χ0n) is 11.8. The highest BCUT2D eigenvalue weighted by atomic mass is 19.1. The maximum Gasteiger partial charge on any atom is 0.154 e. The molecule has 0 radical (unpaired) electrons. The van der Waals surface area contributed by atoms with Gasteiger partial charge in [-0.3, -0.25) is 0 Å². The maximum absolute atomic E-state index is 13.4. The Balaban J connectivity index is 1.90. The van der Waals surface area contributed by atoms with E-state index in [2.05, 4.69) is 9.88 Å². The number of anilines is 3. The molecule has 6 heteroatoms. The van der Waals surface area contributed by atoms with Crippen LogP contribution in [-0.4, -0.2) is 50.5 Å². The van der Waals surface area contributed by atoms with Crippen molar-refractivity contribution in [1.82, 2.24) is 4.98 Å². The fourth-order valence-corrected chi connectivity index (χ4v) is 2.75. The normalized spacial score (nSPS) is 23.4. The Kier molecular flexibility index (Phi) is 3.65. The van der Waals surface area contributed by atoms with E-state index in [4.69, 9.17) is 10.5 Å². The van der Waals surface area contributed by atoms with Gasteiger partial charge in [-0.15, -0.1) is 0 Å². The molecule has 2 aliphatic heterocycles. The van der Waals surface area contributed by atoms with Crippen molar-refractivity contribution in [3.8, 4) is 0 Å². The van der Waals surface area contributed by atoms with Crippen LogP contribution < -0.4 is 15.5 Å². The number of pyridine rings is 1. The van der Waals surface area contributed by atoms with Crippen LogP contribution in [0, 0.1) is 6.92 Å². The predicted octanol–water partition coefficient (Wildman–Crippen LogP) is 1.36. The van der Waals surface area contributed by atoms with Crippen LogP contribution in [0.3, 0.4) is 0 Å². The van der Waals surface area contributed by atoms with Crippen molar-refractivity contribution < 1.29 is 9.13 Å². The summed E-state index contributed by atoms with van der Waals surface area (Å²) in [5, 5.41) is 0. The Labute approximate surface area is 118 Å². The van der Waals surface area contributed by atoms with E-state index in [1.54, 1.807) is 0 Å². The number of halogens is 1. The van der Waals surface area contributed by atoms with Crippen LogP contribution in [0.15, 0.2) is 6.07 Å². The first kappa shape index (κ1) is 13.4. The number of aromatic nitrogens is 1. The highest BCUT2D eigenvalue weighted by molar-refractivity contribution is 5.70. The molecular weight excluding hydrogens is 259 g/mol. The molecule has 0 aliphatic carbocycles. The Morgan fingerprint density at radius 2 is 2.05 bits per heavy atom. The van der Waals surface area contributed by atoms with E-state index in [-0.39, 0.29) is 0 Å². The first-order valence-corrected chi connectivity index (χ1v) is 7.14. The lowest BCUT2D eigenvalue weighted by molar-refractivity contribution is 0.122. The Hall–Kier alpha value is -1.56. The second kappa shape index (κ2) is 5.44. The van der Waals surface area contributed by atoms with Crippen molar-refractivity contribution in [3.63, 3.8) is 0 Å². The second-order valence-corrected chi connectivity index (χ2v) is 5.47. The molecule has 0 saturated carbocycles. The van der Waals surface area contributed by atoms with Gasteiger partial charge in [0.05, 0.1) is 25.4 Å². The minimum absolute atomic E-state index is 0.392. The summed E-state index contributed by atoms with van der Waals surface area (Å²) in [6, 6.07) is 2.01. The zero-order chi connectivity index (χ0) is 14.1. The van der Waals surface area contributed by atoms with Crippen molar-refractivity contribution in [1.29, 1.82) is 0 Å². The van der Waals surface area contributed by atoms with Gasteiger partial charge in [-0.2, -0.15) is 0 Å². The largest absolute Gasteiger partial charge is 0.396 e. The molecule has 2 aliphatic rings. The first-order chi connectivity index (χ1) is 9.65. The summed E-state index contributed by atoms with van der Waals surface area (Å²) in [6.07, 6.45) is -0.217. The lowest BCUT2D eigenvalue weighted by Crippen LogP contribution is -2.37. The van der Waals surface area contributed by atoms with Crippen molar-refractivity contribution in [2.24, 2.45) is 0 Å². The van der Waals surface area contributed by atoms with E-state index < -0.39 is 6.17 Å². The molecule has 2 N–H and O–H groups in total. The smallest absolute Gasteiger partial charge is 0.154 e. The van der Waals surface area contributed by atoms with Crippen LogP contribution in [0.5, 0.6) is 0 Å². The lowest BCUT2D eigenvalue weighted by Gasteiger charge is -2.30. The molecule has 0 spiro atoms. The van der Waals surface area contributed by atoms with Gasteiger partial charge in [0.2, 0.25) is 0 Å². The van der Waals surface area contributed by atoms with E-state index >= 15 is 0 Å².